The monoisotopic (exact) mass is 306 g/mol. The molecule has 1 aromatic heterocycles. The molecule has 1 saturated carbocycles. The first-order chi connectivity index (χ1) is 9.76. The van der Waals surface area contributed by atoms with E-state index in [0.717, 1.165) is 21.8 Å². The fraction of sp³-hybridized carbons (Fsp3) is 0.467. The number of anilines is 1. The number of allylic oxidation sites excluding steroid dienone is 1. The second-order valence-electron chi connectivity index (χ2n) is 5.19. The van der Waals surface area contributed by atoms with Crippen LogP contribution in [0.15, 0.2) is 35.5 Å². The van der Waals surface area contributed by atoms with E-state index in [1.54, 1.807) is 11.8 Å². The van der Waals surface area contributed by atoms with Crippen molar-refractivity contribution < 1.29 is 4.57 Å². The zero-order valence-corrected chi connectivity index (χ0v) is 13.2. The molecule has 0 bridgehead atoms. The molecule has 0 radical (unpaired) electrons. The second-order valence-corrected chi connectivity index (χ2v) is 7.41. The summed E-state index contributed by atoms with van der Waals surface area (Å²) in [7, 11) is 0. The van der Waals surface area contributed by atoms with E-state index in [9.17, 15) is 0 Å². The number of rotatable bonds is 5. The van der Waals surface area contributed by atoms with Gasteiger partial charge in [-0.05, 0) is 24.6 Å². The van der Waals surface area contributed by atoms with Crippen LogP contribution in [0.2, 0.25) is 0 Å². The quantitative estimate of drug-likeness (QED) is 0.298. The summed E-state index contributed by atoms with van der Waals surface area (Å²) in [5.74, 6) is 2.35. The highest BCUT2D eigenvalue weighted by atomic mass is 32.2. The standard InChI is InChI=1S/C15H19N3S2/c1-3-8-18-13(16)12-10-6-5-7-11(10)20-14(12)17-15(18)19-9-4-2/h3-4,10-11,16H,1-2,5-9H2/p+1/t10-,11+/m0/s1. The van der Waals surface area contributed by atoms with Crippen molar-refractivity contribution in [3.05, 3.63) is 30.9 Å². The molecule has 106 valence electrons. The summed E-state index contributed by atoms with van der Waals surface area (Å²) in [6, 6.07) is 0. The van der Waals surface area contributed by atoms with Crippen LogP contribution in [0.25, 0.3) is 0 Å². The lowest BCUT2D eigenvalue weighted by molar-refractivity contribution is -0.714. The summed E-state index contributed by atoms with van der Waals surface area (Å²) in [4.78, 5) is 4.87. The van der Waals surface area contributed by atoms with E-state index < -0.39 is 0 Å². The maximum Gasteiger partial charge on any atom is 0.300 e. The molecule has 3 nitrogen and oxygen atoms in total. The minimum Gasteiger partial charge on any atom is -0.318 e. The molecule has 0 unspecified atom stereocenters. The molecule has 2 N–H and O–H groups in total. The summed E-state index contributed by atoms with van der Waals surface area (Å²) in [5.41, 5.74) is 7.77. The lowest BCUT2D eigenvalue weighted by Gasteiger charge is -2.12. The molecule has 0 amide bonds. The van der Waals surface area contributed by atoms with E-state index in [0.29, 0.717) is 17.7 Å². The number of nitrogens with zero attached hydrogens (tertiary/aromatic N) is 2. The number of thioether (sulfide) groups is 2. The van der Waals surface area contributed by atoms with Gasteiger partial charge in [0.1, 0.15) is 0 Å². The Kier molecular flexibility index (Phi) is 4.08. The van der Waals surface area contributed by atoms with Crippen LogP contribution in [0.1, 0.15) is 30.7 Å². The van der Waals surface area contributed by atoms with Gasteiger partial charge in [-0.2, -0.15) is 0 Å². The normalized spacial score (nSPS) is 23.4. The van der Waals surface area contributed by atoms with Gasteiger partial charge in [0.2, 0.25) is 5.82 Å². The van der Waals surface area contributed by atoms with E-state index in [1.807, 2.05) is 23.9 Å². The number of hydrogen-bond acceptors (Lipinski definition) is 4. The van der Waals surface area contributed by atoms with Crippen LogP contribution in [-0.2, 0) is 6.54 Å². The third kappa shape index (κ3) is 2.27. The molecule has 1 aliphatic carbocycles. The van der Waals surface area contributed by atoms with Gasteiger partial charge < -0.3 is 5.73 Å². The third-order valence-electron chi connectivity index (χ3n) is 3.95. The van der Waals surface area contributed by atoms with Crippen molar-refractivity contribution in [2.75, 3.05) is 11.5 Å². The molecule has 2 heterocycles. The highest BCUT2D eigenvalue weighted by Gasteiger charge is 2.43. The van der Waals surface area contributed by atoms with Crippen LogP contribution >= 0.6 is 23.5 Å². The second kappa shape index (κ2) is 5.82. The first kappa shape index (κ1) is 14.0. The Morgan fingerprint density at radius 1 is 1.40 bits per heavy atom. The lowest BCUT2D eigenvalue weighted by Crippen LogP contribution is -2.41. The predicted octanol–water partition coefficient (Wildman–Crippen LogP) is 3.16. The van der Waals surface area contributed by atoms with Gasteiger partial charge in [-0.3, -0.25) is 0 Å². The summed E-state index contributed by atoms with van der Waals surface area (Å²) in [6.45, 7) is 8.33. The van der Waals surface area contributed by atoms with Gasteiger partial charge in [0, 0.05) is 16.9 Å². The van der Waals surface area contributed by atoms with E-state index in [4.69, 9.17) is 10.7 Å². The van der Waals surface area contributed by atoms with E-state index in [2.05, 4.69) is 17.7 Å². The topological polar surface area (TPSA) is 42.8 Å². The van der Waals surface area contributed by atoms with Crippen molar-refractivity contribution in [1.82, 2.24) is 4.98 Å². The molecule has 1 fully saturated rings. The third-order valence-corrected chi connectivity index (χ3v) is 6.33. The van der Waals surface area contributed by atoms with Crippen molar-refractivity contribution in [1.29, 1.82) is 0 Å². The summed E-state index contributed by atoms with van der Waals surface area (Å²) in [5, 5.41) is 2.83. The van der Waals surface area contributed by atoms with Crippen molar-refractivity contribution in [3.63, 3.8) is 0 Å². The van der Waals surface area contributed by atoms with Gasteiger partial charge >= 0.3 is 0 Å². The highest BCUT2D eigenvalue weighted by molar-refractivity contribution is 8.00. The van der Waals surface area contributed by atoms with Gasteiger partial charge in [-0.1, -0.05) is 41.9 Å². The number of fused-ring (bicyclic) bond motifs is 3. The first-order valence-electron chi connectivity index (χ1n) is 7.00. The maximum absolute atomic E-state index is 6.47. The molecule has 1 aromatic rings. The number of aromatic nitrogens is 2. The predicted molar refractivity (Wildman–Crippen MR) is 86.2 cm³/mol. The molecule has 0 aromatic carbocycles. The lowest BCUT2D eigenvalue weighted by atomic mass is 10.00. The molecule has 3 rings (SSSR count). The molecule has 1 aliphatic heterocycles. The van der Waals surface area contributed by atoms with E-state index in [1.165, 1.54) is 24.8 Å². The Balaban J connectivity index is 2.05. The van der Waals surface area contributed by atoms with Crippen molar-refractivity contribution in [2.24, 2.45) is 0 Å². The average molecular weight is 306 g/mol. The minimum absolute atomic E-state index is 0.608. The molecule has 0 saturated heterocycles. The van der Waals surface area contributed by atoms with Crippen LogP contribution in [-0.4, -0.2) is 16.0 Å². The highest BCUT2D eigenvalue weighted by Crippen LogP contribution is 2.54. The first-order valence-corrected chi connectivity index (χ1v) is 8.87. The van der Waals surface area contributed by atoms with Crippen molar-refractivity contribution in [3.8, 4) is 0 Å². The molecule has 2 aliphatic rings. The van der Waals surface area contributed by atoms with Crippen LogP contribution in [0.3, 0.4) is 0 Å². The molecule has 0 spiro atoms. The fourth-order valence-electron chi connectivity index (χ4n) is 3.09. The average Bonchev–Trinajstić information content (AvgIpc) is 3.00. The Morgan fingerprint density at radius 2 is 2.25 bits per heavy atom. The Bertz CT molecular complexity index is 557. The molecule has 5 heteroatoms. The van der Waals surface area contributed by atoms with Gasteiger partial charge in [-0.25, -0.2) is 4.57 Å². The smallest absolute Gasteiger partial charge is 0.300 e. The zero-order chi connectivity index (χ0) is 14.1. The molecule has 20 heavy (non-hydrogen) atoms. The number of hydrogen-bond donors (Lipinski definition) is 1. The van der Waals surface area contributed by atoms with Crippen LogP contribution in [0, 0.1) is 0 Å². The van der Waals surface area contributed by atoms with Crippen molar-refractivity contribution in [2.45, 2.75) is 47.2 Å². The minimum atomic E-state index is 0.608. The van der Waals surface area contributed by atoms with Crippen LogP contribution in [0.5, 0.6) is 0 Å². The molecule has 2 atom stereocenters. The molecular weight excluding hydrogens is 286 g/mol. The Morgan fingerprint density at radius 3 is 3.00 bits per heavy atom. The van der Waals surface area contributed by atoms with Gasteiger partial charge in [0.05, 0.1) is 12.1 Å². The SMILES string of the molecule is C=CCSc1nc2c(c(N)[n+]1CC=C)[C@H]1CCC[C@H]1S2. The fourth-order valence-corrected chi connectivity index (χ4v) is 5.43. The van der Waals surface area contributed by atoms with Crippen LogP contribution < -0.4 is 10.3 Å². The van der Waals surface area contributed by atoms with E-state index in [-0.39, 0.29) is 0 Å². The maximum atomic E-state index is 6.47. The zero-order valence-electron chi connectivity index (χ0n) is 11.5. The Hall–Kier alpha value is -0.940. The summed E-state index contributed by atoms with van der Waals surface area (Å²) in [6.07, 6.45) is 7.65. The van der Waals surface area contributed by atoms with Gasteiger partial charge in [0.15, 0.2) is 5.03 Å². The Labute approximate surface area is 128 Å². The molecular formula is C15H20N3S2+. The summed E-state index contributed by atoms with van der Waals surface area (Å²) >= 11 is 3.61. The van der Waals surface area contributed by atoms with Crippen LogP contribution in [0.4, 0.5) is 5.82 Å². The largest absolute Gasteiger partial charge is 0.318 e. The van der Waals surface area contributed by atoms with Gasteiger partial charge in [0.25, 0.3) is 5.16 Å². The summed E-state index contributed by atoms with van der Waals surface area (Å²) < 4.78 is 2.10. The number of nitrogens with two attached hydrogens (primary N) is 1. The van der Waals surface area contributed by atoms with Crippen molar-refractivity contribution >= 4 is 29.3 Å². The number of nitrogen functional groups attached to an aromatic ring is 1. The van der Waals surface area contributed by atoms with Gasteiger partial charge in [-0.15, -0.1) is 6.58 Å². The van der Waals surface area contributed by atoms with E-state index >= 15 is 0 Å².